The molecule has 0 unspecified atom stereocenters. The first kappa shape index (κ1) is 12.9. The molecule has 0 bridgehead atoms. The number of imide groups is 1. The van der Waals surface area contributed by atoms with Crippen LogP contribution in [0.2, 0.25) is 0 Å². The number of rotatable bonds is 3. The Labute approximate surface area is 98.2 Å². The highest BCUT2D eigenvalue weighted by Gasteiger charge is 2.24. The Morgan fingerprint density at radius 2 is 1.94 bits per heavy atom. The molecule has 1 aromatic carbocycles. The number of carbonyl (C=O) groups is 3. The summed E-state index contributed by atoms with van der Waals surface area (Å²) in [5.74, 6) is 2.79. The highest BCUT2D eigenvalue weighted by molar-refractivity contribution is 6.39. The van der Waals surface area contributed by atoms with E-state index < -0.39 is 17.6 Å². The molecular formula is C11H13N3O3. The Morgan fingerprint density at radius 3 is 2.47 bits per heavy atom. The molecule has 4 N–H and O–H groups in total. The zero-order valence-electron chi connectivity index (χ0n) is 9.34. The SMILES string of the molecule is CCC(=O)C(=O)N(N)C(=O)c1cccc(N)c1. The third kappa shape index (κ3) is 2.88. The minimum Gasteiger partial charge on any atom is -0.399 e. The molecule has 2 amide bonds. The molecule has 0 aromatic heterocycles. The van der Waals surface area contributed by atoms with Crippen LogP contribution >= 0.6 is 0 Å². The first-order valence-electron chi connectivity index (χ1n) is 4.99. The molecule has 1 aromatic rings. The fourth-order valence-corrected chi connectivity index (χ4v) is 1.19. The summed E-state index contributed by atoms with van der Waals surface area (Å²) in [5, 5.41) is 0.306. The number of hydrogen-bond donors (Lipinski definition) is 2. The van der Waals surface area contributed by atoms with E-state index in [1.54, 1.807) is 12.1 Å². The summed E-state index contributed by atoms with van der Waals surface area (Å²) in [4.78, 5) is 34.2. The third-order valence-electron chi connectivity index (χ3n) is 2.13. The lowest BCUT2D eigenvalue weighted by Gasteiger charge is -2.13. The molecule has 0 heterocycles. The van der Waals surface area contributed by atoms with Crippen LogP contribution in [0.25, 0.3) is 0 Å². The Hall–Kier alpha value is -2.21. The van der Waals surface area contributed by atoms with E-state index in [0.29, 0.717) is 10.7 Å². The van der Waals surface area contributed by atoms with Crippen molar-refractivity contribution in [2.45, 2.75) is 13.3 Å². The molecule has 0 spiro atoms. The second kappa shape index (κ2) is 5.22. The van der Waals surface area contributed by atoms with Gasteiger partial charge in [-0.15, -0.1) is 0 Å². The van der Waals surface area contributed by atoms with Crippen molar-refractivity contribution in [2.24, 2.45) is 5.84 Å². The highest BCUT2D eigenvalue weighted by atomic mass is 16.2. The molecular weight excluding hydrogens is 222 g/mol. The van der Waals surface area contributed by atoms with Crippen LogP contribution in [0, 0.1) is 0 Å². The highest BCUT2D eigenvalue weighted by Crippen LogP contribution is 2.08. The molecule has 0 saturated carbocycles. The summed E-state index contributed by atoms with van der Waals surface area (Å²) in [6, 6.07) is 5.99. The zero-order valence-corrected chi connectivity index (χ0v) is 9.34. The van der Waals surface area contributed by atoms with Crippen molar-refractivity contribution in [2.75, 3.05) is 5.73 Å². The second-order valence-electron chi connectivity index (χ2n) is 3.38. The summed E-state index contributed by atoms with van der Waals surface area (Å²) in [7, 11) is 0. The average molecular weight is 235 g/mol. The molecule has 0 radical (unpaired) electrons. The van der Waals surface area contributed by atoms with E-state index in [2.05, 4.69) is 0 Å². The number of hydrogen-bond acceptors (Lipinski definition) is 5. The Kier molecular flexibility index (Phi) is 3.95. The van der Waals surface area contributed by atoms with E-state index in [1.807, 2.05) is 0 Å². The van der Waals surface area contributed by atoms with Gasteiger partial charge in [0.15, 0.2) is 0 Å². The number of hydrazine groups is 1. The van der Waals surface area contributed by atoms with Crippen LogP contribution in [-0.4, -0.2) is 22.6 Å². The molecule has 6 nitrogen and oxygen atoms in total. The lowest BCUT2D eigenvalue weighted by molar-refractivity contribution is -0.142. The van der Waals surface area contributed by atoms with Gasteiger partial charge in [0.25, 0.3) is 5.91 Å². The van der Waals surface area contributed by atoms with E-state index >= 15 is 0 Å². The van der Waals surface area contributed by atoms with Gasteiger partial charge in [0.05, 0.1) is 0 Å². The van der Waals surface area contributed by atoms with Gasteiger partial charge >= 0.3 is 5.91 Å². The van der Waals surface area contributed by atoms with Gasteiger partial charge in [0, 0.05) is 17.7 Å². The number of nitrogen functional groups attached to an aromatic ring is 1. The van der Waals surface area contributed by atoms with Gasteiger partial charge in [-0.1, -0.05) is 13.0 Å². The monoisotopic (exact) mass is 235 g/mol. The van der Waals surface area contributed by atoms with Gasteiger partial charge in [-0.2, -0.15) is 0 Å². The zero-order chi connectivity index (χ0) is 13.0. The fraction of sp³-hybridized carbons (Fsp3) is 0.182. The maximum absolute atomic E-state index is 11.7. The van der Waals surface area contributed by atoms with Crippen molar-refractivity contribution in [1.29, 1.82) is 0 Å². The van der Waals surface area contributed by atoms with E-state index in [1.165, 1.54) is 19.1 Å². The molecule has 0 atom stereocenters. The summed E-state index contributed by atoms with van der Waals surface area (Å²) in [5.41, 5.74) is 6.03. The number of carbonyl (C=O) groups excluding carboxylic acids is 3. The summed E-state index contributed by atoms with van der Waals surface area (Å²) >= 11 is 0. The van der Waals surface area contributed by atoms with Gasteiger partial charge in [-0.3, -0.25) is 14.4 Å². The van der Waals surface area contributed by atoms with E-state index in [4.69, 9.17) is 11.6 Å². The van der Waals surface area contributed by atoms with E-state index in [9.17, 15) is 14.4 Å². The first-order chi connectivity index (χ1) is 7.97. The van der Waals surface area contributed by atoms with Crippen molar-refractivity contribution >= 4 is 23.3 Å². The Bertz CT molecular complexity index is 471. The van der Waals surface area contributed by atoms with Crippen LogP contribution < -0.4 is 11.6 Å². The number of nitrogens with two attached hydrogens (primary N) is 2. The summed E-state index contributed by atoms with van der Waals surface area (Å²) in [6.45, 7) is 1.51. The lowest BCUT2D eigenvalue weighted by atomic mass is 10.2. The second-order valence-corrected chi connectivity index (χ2v) is 3.38. The molecule has 17 heavy (non-hydrogen) atoms. The number of benzene rings is 1. The quantitative estimate of drug-likeness (QED) is 0.254. The van der Waals surface area contributed by atoms with Gasteiger partial charge in [0.1, 0.15) is 0 Å². The minimum absolute atomic E-state index is 0.00323. The van der Waals surface area contributed by atoms with Gasteiger partial charge < -0.3 is 5.73 Å². The van der Waals surface area contributed by atoms with Crippen LogP contribution in [0.3, 0.4) is 0 Å². The third-order valence-corrected chi connectivity index (χ3v) is 2.13. The van der Waals surface area contributed by atoms with Crippen molar-refractivity contribution in [3.63, 3.8) is 0 Å². The van der Waals surface area contributed by atoms with Gasteiger partial charge in [-0.25, -0.2) is 10.9 Å². The predicted octanol–water partition coefficient (Wildman–Crippen LogP) is 0.0904. The van der Waals surface area contributed by atoms with Crippen molar-refractivity contribution in [1.82, 2.24) is 5.01 Å². The predicted molar refractivity (Wildman–Crippen MR) is 61.5 cm³/mol. The van der Waals surface area contributed by atoms with Crippen molar-refractivity contribution in [3.05, 3.63) is 29.8 Å². The average Bonchev–Trinajstić information content (AvgIpc) is 2.35. The summed E-state index contributed by atoms with van der Waals surface area (Å²) in [6.07, 6.45) is -0.00323. The standard InChI is InChI=1S/C11H13N3O3/c1-2-9(15)11(17)14(13)10(16)7-4-3-5-8(12)6-7/h3-6H,2,12-13H2,1H3. The van der Waals surface area contributed by atoms with Crippen LogP contribution in [-0.2, 0) is 9.59 Å². The lowest BCUT2D eigenvalue weighted by Crippen LogP contribution is -2.46. The number of ketones is 1. The number of nitrogens with zero attached hydrogens (tertiary/aromatic N) is 1. The molecule has 0 fully saturated rings. The van der Waals surface area contributed by atoms with E-state index in [0.717, 1.165) is 0 Å². The Balaban J connectivity index is 2.91. The van der Waals surface area contributed by atoms with Gasteiger partial charge in [-0.05, 0) is 18.2 Å². The Morgan fingerprint density at radius 1 is 1.29 bits per heavy atom. The minimum atomic E-state index is -1.03. The maximum atomic E-state index is 11.7. The number of Topliss-reactive ketones (excluding diaryl/α,β-unsaturated/α-hetero) is 1. The molecule has 1 rings (SSSR count). The molecule has 90 valence electrons. The van der Waals surface area contributed by atoms with E-state index in [-0.39, 0.29) is 12.0 Å². The molecule has 0 saturated heterocycles. The smallest absolute Gasteiger partial charge is 0.311 e. The largest absolute Gasteiger partial charge is 0.399 e. The topological polar surface area (TPSA) is 106 Å². The number of amides is 2. The molecule has 0 aliphatic heterocycles. The van der Waals surface area contributed by atoms with Gasteiger partial charge in [0.2, 0.25) is 5.78 Å². The van der Waals surface area contributed by atoms with Crippen molar-refractivity contribution in [3.8, 4) is 0 Å². The fourth-order valence-electron chi connectivity index (χ4n) is 1.19. The number of anilines is 1. The van der Waals surface area contributed by atoms with Crippen LogP contribution in [0.5, 0.6) is 0 Å². The normalized spacial score (nSPS) is 9.76. The maximum Gasteiger partial charge on any atom is 0.311 e. The van der Waals surface area contributed by atoms with Crippen molar-refractivity contribution < 1.29 is 14.4 Å². The molecule has 0 aliphatic carbocycles. The molecule has 6 heteroatoms. The first-order valence-corrected chi connectivity index (χ1v) is 4.99. The summed E-state index contributed by atoms with van der Waals surface area (Å²) < 4.78 is 0. The van der Waals surface area contributed by atoms with Crippen LogP contribution in [0.1, 0.15) is 23.7 Å². The molecule has 0 aliphatic rings. The van der Waals surface area contributed by atoms with Crippen LogP contribution in [0.4, 0.5) is 5.69 Å². The van der Waals surface area contributed by atoms with Crippen LogP contribution in [0.15, 0.2) is 24.3 Å².